The molecule has 0 unspecified atom stereocenters. The molecule has 186 valence electrons. The Morgan fingerprint density at radius 3 is 2.49 bits per heavy atom. The number of nitrogens with zero attached hydrogens (tertiary/aromatic N) is 2. The fraction of sp³-hybridized carbons (Fsp3) is 0.333. The number of ether oxygens (including phenoxy) is 1. The molecular formula is C24H24F4N4O3. The lowest BCUT2D eigenvalue weighted by Gasteiger charge is -2.21. The quantitative estimate of drug-likeness (QED) is 0.342. The second-order valence-corrected chi connectivity index (χ2v) is 8.56. The van der Waals surface area contributed by atoms with Gasteiger partial charge in [-0.2, -0.15) is 13.2 Å². The highest BCUT2D eigenvalue weighted by atomic mass is 19.4. The highest BCUT2D eigenvalue weighted by molar-refractivity contribution is 5.80. The summed E-state index contributed by atoms with van der Waals surface area (Å²) in [5.74, 6) is -0.657. The third-order valence-electron chi connectivity index (χ3n) is 5.26. The van der Waals surface area contributed by atoms with Gasteiger partial charge in [-0.1, -0.05) is 19.9 Å². The molecule has 0 fully saturated rings. The summed E-state index contributed by atoms with van der Waals surface area (Å²) in [7, 11) is 0. The first-order valence-electron chi connectivity index (χ1n) is 10.7. The van der Waals surface area contributed by atoms with Crippen molar-refractivity contribution in [2.24, 2.45) is 11.1 Å². The van der Waals surface area contributed by atoms with E-state index in [0.717, 1.165) is 12.1 Å². The van der Waals surface area contributed by atoms with Crippen LogP contribution in [0.4, 0.5) is 17.6 Å². The Bertz CT molecular complexity index is 1250. The normalized spacial score (nSPS) is 11.9. The van der Waals surface area contributed by atoms with Gasteiger partial charge in [0.2, 0.25) is 11.8 Å². The summed E-state index contributed by atoms with van der Waals surface area (Å²) in [6.07, 6.45) is -3.07. The molecule has 11 heteroatoms. The maximum absolute atomic E-state index is 13.8. The molecule has 1 aromatic carbocycles. The predicted octanol–water partition coefficient (Wildman–Crippen LogP) is 4.31. The molecule has 7 nitrogen and oxygen atoms in total. The monoisotopic (exact) mass is 492 g/mol. The molecule has 3 N–H and O–H groups in total. The number of alkyl halides is 4. The highest BCUT2D eigenvalue weighted by Crippen LogP contribution is 2.37. The average Bonchev–Trinajstić information content (AvgIpc) is 2.78. The maximum Gasteiger partial charge on any atom is 0.417 e. The minimum Gasteiger partial charge on any atom is -0.478 e. The van der Waals surface area contributed by atoms with Crippen LogP contribution < -0.4 is 16.0 Å². The van der Waals surface area contributed by atoms with Crippen molar-refractivity contribution >= 4 is 5.91 Å². The maximum atomic E-state index is 13.8. The first-order chi connectivity index (χ1) is 16.4. The van der Waals surface area contributed by atoms with E-state index in [-0.39, 0.29) is 42.4 Å². The summed E-state index contributed by atoms with van der Waals surface area (Å²) in [5, 5.41) is 0. The Kier molecular flexibility index (Phi) is 7.57. The number of aromatic nitrogens is 3. The van der Waals surface area contributed by atoms with Gasteiger partial charge in [-0.05, 0) is 30.2 Å². The number of nitrogens with one attached hydrogen (secondary N) is 1. The number of nitrogens with two attached hydrogens (primary N) is 1. The minimum atomic E-state index is -4.72. The van der Waals surface area contributed by atoms with Gasteiger partial charge in [0.15, 0.2) is 0 Å². The number of rotatable bonds is 9. The van der Waals surface area contributed by atoms with Crippen molar-refractivity contribution in [3.63, 3.8) is 0 Å². The zero-order valence-corrected chi connectivity index (χ0v) is 19.1. The Labute approximate surface area is 198 Å². The number of benzene rings is 1. The molecule has 35 heavy (non-hydrogen) atoms. The molecule has 0 saturated carbocycles. The molecule has 0 spiro atoms. The third kappa shape index (κ3) is 6.43. The van der Waals surface area contributed by atoms with E-state index in [1.165, 1.54) is 24.4 Å². The fourth-order valence-corrected chi connectivity index (χ4v) is 3.32. The molecule has 3 rings (SSSR count). The van der Waals surface area contributed by atoms with Crippen molar-refractivity contribution in [2.45, 2.75) is 32.9 Å². The van der Waals surface area contributed by atoms with Crippen molar-refractivity contribution in [1.29, 1.82) is 0 Å². The van der Waals surface area contributed by atoms with Gasteiger partial charge in [-0.3, -0.25) is 14.0 Å². The van der Waals surface area contributed by atoms with Crippen molar-refractivity contribution in [3.05, 3.63) is 64.1 Å². The van der Waals surface area contributed by atoms with Gasteiger partial charge in [0.1, 0.15) is 5.82 Å². The van der Waals surface area contributed by atoms with Crippen LogP contribution in [0.2, 0.25) is 0 Å². The van der Waals surface area contributed by atoms with Crippen LogP contribution in [-0.4, -0.2) is 34.1 Å². The first kappa shape index (κ1) is 25.9. The minimum absolute atomic E-state index is 0.0885. The van der Waals surface area contributed by atoms with Crippen LogP contribution >= 0.6 is 0 Å². The van der Waals surface area contributed by atoms with Gasteiger partial charge < -0.3 is 15.5 Å². The van der Waals surface area contributed by atoms with Gasteiger partial charge in [0.25, 0.3) is 5.56 Å². The van der Waals surface area contributed by atoms with E-state index in [2.05, 4.69) is 15.0 Å². The van der Waals surface area contributed by atoms with Crippen molar-refractivity contribution in [1.82, 2.24) is 15.0 Å². The molecule has 0 aliphatic rings. The van der Waals surface area contributed by atoms with E-state index in [4.69, 9.17) is 10.5 Å². The van der Waals surface area contributed by atoms with Crippen molar-refractivity contribution in [3.8, 4) is 28.5 Å². The number of amides is 1. The standard InChI is InChI=1S/C24H24F4N4O3/c1-23(2,22(29)34)12-14-4-6-17(24(26,27)28)16(10-14)21-31-18(11-19(33)32-21)15-5-7-20(30-13-15)35-9-3-8-25/h4-7,10-11,13H,3,8-9,12H2,1-2H3,(H2,29,34)(H,31,32,33). The van der Waals surface area contributed by atoms with Crippen LogP contribution in [0.3, 0.4) is 0 Å². The topological polar surface area (TPSA) is 111 Å². The number of carbonyl (C=O) groups is 1. The number of hydrogen-bond acceptors (Lipinski definition) is 5. The first-order valence-corrected chi connectivity index (χ1v) is 10.7. The zero-order valence-electron chi connectivity index (χ0n) is 19.1. The number of carbonyl (C=O) groups excluding carboxylic acids is 1. The Morgan fingerprint density at radius 1 is 1.14 bits per heavy atom. The molecule has 0 saturated heterocycles. The summed E-state index contributed by atoms with van der Waals surface area (Å²) in [6.45, 7) is 2.79. The summed E-state index contributed by atoms with van der Waals surface area (Å²) >= 11 is 0. The van der Waals surface area contributed by atoms with Gasteiger partial charge in [0, 0.05) is 41.3 Å². The number of aromatic amines is 1. The van der Waals surface area contributed by atoms with Crippen molar-refractivity contribution < 1.29 is 27.1 Å². The highest BCUT2D eigenvalue weighted by Gasteiger charge is 2.35. The van der Waals surface area contributed by atoms with E-state index < -0.39 is 35.3 Å². The third-order valence-corrected chi connectivity index (χ3v) is 5.26. The van der Waals surface area contributed by atoms with E-state index >= 15 is 0 Å². The fourth-order valence-electron chi connectivity index (χ4n) is 3.32. The van der Waals surface area contributed by atoms with Crippen LogP contribution in [0.15, 0.2) is 47.4 Å². The summed E-state index contributed by atoms with van der Waals surface area (Å²) in [5.41, 5.74) is 3.30. The van der Waals surface area contributed by atoms with E-state index in [1.807, 2.05) is 0 Å². The summed E-state index contributed by atoms with van der Waals surface area (Å²) < 4.78 is 58.8. The summed E-state index contributed by atoms with van der Waals surface area (Å²) in [6, 6.07) is 7.57. The SMILES string of the molecule is CC(C)(Cc1ccc(C(F)(F)F)c(-c2nc(-c3ccc(OCCCF)nc3)cc(=O)[nH]2)c1)C(N)=O. The van der Waals surface area contributed by atoms with Crippen LogP contribution in [0.25, 0.3) is 22.6 Å². The molecule has 0 atom stereocenters. The largest absolute Gasteiger partial charge is 0.478 e. The molecule has 0 bridgehead atoms. The van der Waals surface area contributed by atoms with Gasteiger partial charge in [-0.25, -0.2) is 9.97 Å². The molecule has 2 heterocycles. The molecule has 2 aromatic heterocycles. The molecule has 0 aliphatic heterocycles. The van der Waals surface area contributed by atoms with Gasteiger partial charge >= 0.3 is 6.18 Å². The number of halogens is 4. The number of H-pyrrole nitrogens is 1. The summed E-state index contributed by atoms with van der Waals surface area (Å²) in [4.78, 5) is 34.7. The number of hydrogen-bond donors (Lipinski definition) is 2. The molecule has 0 radical (unpaired) electrons. The number of pyridine rings is 1. The Hall–Kier alpha value is -3.76. The van der Waals surface area contributed by atoms with Gasteiger partial charge in [0.05, 0.1) is 24.5 Å². The molecular weight excluding hydrogens is 468 g/mol. The lowest BCUT2D eigenvalue weighted by atomic mass is 9.84. The van der Waals surface area contributed by atoms with E-state index in [9.17, 15) is 27.2 Å². The second kappa shape index (κ2) is 10.2. The Morgan fingerprint density at radius 2 is 1.89 bits per heavy atom. The second-order valence-electron chi connectivity index (χ2n) is 8.56. The molecule has 0 aliphatic carbocycles. The van der Waals surface area contributed by atoms with Crippen LogP contribution in [0.5, 0.6) is 5.88 Å². The van der Waals surface area contributed by atoms with Gasteiger partial charge in [-0.15, -0.1) is 0 Å². The van der Waals surface area contributed by atoms with E-state index in [1.54, 1.807) is 19.9 Å². The number of primary amides is 1. The predicted molar refractivity (Wildman–Crippen MR) is 121 cm³/mol. The van der Waals surface area contributed by atoms with E-state index in [0.29, 0.717) is 11.1 Å². The average molecular weight is 492 g/mol. The lowest BCUT2D eigenvalue weighted by Crippen LogP contribution is -2.33. The van der Waals surface area contributed by atoms with Crippen LogP contribution in [0, 0.1) is 5.41 Å². The zero-order chi connectivity index (χ0) is 25.8. The smallest absolute Gasteiger partial charge is 0.417 e. The van der Waals surface area contributed by atoms with Crippen LogP contribution in [-0.2, 0) is 17.4 Å². The Balaban J connectivity index is 2.05. The van der Waals surface area contributed by atoms with Crippen molar-refractivity contribution in [2.75, 3.05) is 13.3 Å². The van der Waals surface area contributed by atoms with Crippen LogP contribution in [0.1, 0.15) is 31.4 Å². The lowest BCUT2D eigenvalue weighted by molar-refractivity contribution is -0.137. The molecule has 3 aromatic rings. The molecule has 1 amide bonds.